The molecule has 1 amide bonds. The van der Waals surface area contributed by atoms with E-state index in [-0.39, 0.29) is 17.2 Å². The van der Waals surface area contributed by atoms with Crippen molar-refractivity contribution in [1.29, 1.82) is 0 Å². The minimum atomic E-state index is -3.92. The van der Waals surface area contributed by atoms with Gasteiger partial charge in [0, 0.05) is 25.5 Å². The van der Waals surface area contributed by atoms with Gasteiger partial charge in [-0.3, -0.25) is 4.79 Å². The van der Waals surface area contributed by atoms with Gasteiger partial charge in [-0.05, 0) is 49.1 Å². The number of carbonyl (C=O) groups excluding carboxylic acids is 1. The van der Waals surface area contributed by atoms with Crippen molar-refractivity contribution in [2.24, 2.45) is 0 Å². The second kappa shape index (κ2) is 10.9. The number of carbonyl (C=O) groups is 1. The molecule has 170 valence electrons. The van der Waals surface area contributed by atoms with Gasteiger partial charge in [0.25, 0.3) is 0 Å². The summed E-state index contributed by atoms with van der Waals surface area (Å²) in [5, 5.41) is 2.85. The number of aromatic nitrogens is 2. The number of hydrogen-bond donors (Lipinski definition) is 2. The molecule has 1 heterocycles. The van der Waals surface area contributed by atoms with Crippen LogP contribution in [0.1, 0.15) is 17.5 Å². The lowest BCUT2D eigenvalue weighted by atomic mass is 10.1. The predicted molar refractivity (Wildman–Crippen MR) is 122 cm³/mol. The number of hydrogen-bond acceptors (Lipinski definition) is 5. The van der Waals surface area contributed by atoms with Crippen molar-refractivity contribution >= 4 is 15.9 Å². The number of nitrogens with zero attached hydrogens (tertiary/aromatic N) is 2. The molecule has 0 radical (unpaired) electrons. The van der Waals surface area contributed by atoms with E-state index in [9.17, 15) is 13.2 Å². The maximum atomic E-state index is 13.0. The Bertz CT molecular complexity index is 1120. The van der Waals surface area contributed by atoms with E-state index in [1.54, 1.807) is 25.5 Å². The fourth-order valence-corrected chi connectivity index (χ4v) is 4.61. The van der Waals surface area contributed by atoms with Crippen LogP contribution in [0, 0.1) is 6.92 Å². The first kappa shape index (κ1) is 23.5. The molecule has 32 heavy (non-hydrogen) atoms. The van der Waals surface area contributed by atoms with Crippen LogP contribution in [0.15, 0.2) is 72.1 Å². The van der Waals surface area contributed by atoms with E-state index in [0.717, 1.165) is 5.56 Å². The van der Waals surface area contributed by atoms with Crippen LogP contribution in [0.4, 0.5) is 0 Å². The van der Waals surface area contributed by atoms with E-state index in [1.807, 2.05) is 41.1 Å². The minimum absolute atomic E-state index is 0.0850. The Morgan fingerprint density at radius 3 is 2.62 bits per heavy atom. The summed E-state index contributed by atoms with van der Waals surface area (Å²) in [5.74, 6) is 0.230. The van der Waals surface area contributed by atoms with Gasteiger partial charge in [0.05, 0.1) is 18.3 Å². The summed E-state index contributed by atoms with van der Waals surface area (Å²) in [6, 6.07) is 13.0. The molecule has 0 saturated heterocycles. The molecule has 0 fully saturated rings. The summed E-state index contributed by atoms with van der Waals surface area (Å²) < 4.78 is 35.8. The maximum absolute atomic E-state index is 13.0. The lowest BCUT2D eigenvalue weighted by Gasteiger charge is -2.19. The fourth-order valence-electron chi connectivity index (χ4n) is 3.33. The van der Waals surface area contributed by atoms with E-state index >= 15 is 0 Å². The number of amides is 1. The van der Waals surface area contributed by atoms with Gasteiger partial charge in [-0.1, -0.05) is 30.3 Å². The van der Waals surface area contributed by atoms with E-state index in [2.05, 4.69) is 15.0 Å². The Balaban J connectivity index is 1.71. The minimum Gasteiger partial charge on any atom is -0.496 e. The first-order chi connectivity index (χ1) is 15.4. The molecule has 2 aromatic carbocycles. The number of methoxy groups -OCH3 is 1. The number of ether oxygens (including phenoxy) is 1. The second-order valence-electron chi connectivity index (χ2n) is 7.44. The zero-order chi connectivity index (χ0) is 23.0. The fraction of sp³-hybridized carbons (Fsp3) is 0.304. The zero-order valence-electron chi connectivity index (χ0n) is 18.2. The molecule has 0 bridgehead atoms. The smallest absolute Gasteiger partial charge is 0.241 e. The quantitative estimate of drug-likeness (QED) is 0.431. The van der Waals surface area contributed by atoms with Gasteiger partial charge in [-0.15, -0.1) is 0 Å². The standard InChI is InChI=1S/C23H28N4O4S/c1-18-15-20(9-10-22(18)31-2)32(29,30)26-21(16-19-7-4-3-5-8-19)23(28)25-11-6-13-27-14-12-24-17-27/h3-5,7-10,12,14-15,17,21,26H,6,11,13,16H2,1-2H3,(H,25,28)/t21-/m0/s1. The van der Waals surface area contributed by atoms with Crippen molar-refractivity contribution in [3.63, 3.8) is 0 Å². The summed E-state index contributed by atoms with van der Waals surface area (Å²) in [4.78, 5) is 17.0. The molecular weight excluding hydrogens is 428 g/mol. The lowest BCUT2D eigenvalue weighted by molar-refractivity contribution is -0.122. The maximum Gasteiger partial charge on any atom is 0.241 e. The van der Waals surface area contributed by atoms with E-state index < -0.39 is 16.1 Å². The Hall–Kier alpha value is -3.17. The van der Waals surface area contributed by atoms with Gasteiger partial charge >= 0.3 is 0 Å². The van der Waals surface area contributed by atoms with Gasteiger partial charge in [-0.2, -0.15) is 4.72 Å². The molecule has 3 aromatic rings. The molecule has 0 aliphatic carbocycles. The highest BCUT2D eigenvalue weighted by Gasteiger charge is 2.26. The van der Waals surface area contributed by atoms with Gasteiger partial charge in [-0.25, -0.2) is 13.4 Å². The van der Waals surface area contributed by atoms with Crippen LogP contribution in [0.25, 0.3) is 0 Å². The van der Waals surface area contributed by atoms with Gasteiger partial charge in [0.15, 0.2) is 0 Å². The third-order valence-corrected chi connectivity index (χ3v) is 6.49. The third kappa shape index (κ3) is 6.41. The summed E-state index contributed by atoms with van der Waals surface area (Å²) in [6.45, 7) is 2.90. The van der Waals surface area contributed by atoms with Crippen LogP contribution in [0.5, 0.6) is 5.75 Å². The molecule has 8 nitrogen and oxygen atoms in total. The number of nitrogens with one attached hydrogen (secondary N) is 2. The average molecular weight is 457 g/mol. The number of aryl methyl sites for hydroxylation is 2. The average Bonchev–Trinajstić information content (AvgIpc) is 3.30. The first-order valence-electron chi connectivity index (χ1n) is 10.3. The van der Waals surface area contributed by atoms with Crippen molar-refractivity contribution in [3.8, 4) is 5.75 Å². The molecule has 0 unspecified atom stereocenters. The normalized spacial score (nSPS) is 12.3. The topological polar surface area (TPSA) is 102 Å². The molecular formula is C23H28N4O4S. The summed E-state index contributed by atoms with van der Waals surface area (Å²) in [5.41, 5.74) is 1.55. The highest BCUT2D eigenvalue weighted by atomic mass is 32.2. The summed E-state index contributed by atoms with van der Waals surface area (Å²) >= 11 is 0. The molecule has 9 heteroatoms. The third-order valence-electron chi connectivity index (χ3n) is 5.02. The SMILES string of the molecule is COc1ccc(S(=O)(=O)N[C@@H](Cc2ccccc2)C(=O)NCCCn2ccnc2)cc1C. The van der Waals surface area contributed by atoms with E-state index in [1.165, 1.54) is 19.2 Å². The molecule has 0 saturated carbocycles. The van der Waals surface area contributed by atoms with Crippen LogP contribution < -0.4 is 14.8 Å². The Morgan fingerprint density at radius 2 is 1.97 bits per heavy atom. The largest absolute Gasteiger partial charge is 0.496 e. The highest BCUT2D eigenvalue weighted by molar-refractivity contribution is 7.89. The Kier molecular flexibility index (Phi) is 8.02. The van der Waals surface area contributed by atoms with Crippen molar-refractivity contribution in [3.05, 3.63) is 78.4 Å². The van der Waals surface area contributed by atoms with Gasteiger partial charge in [0.1, 0.15) is 11.8 Å². The summed E-state index contributed by atoms with van der Waals surface area (Å²) in [7, 11) is -2.39. The van der Waals surface area contributed by atoms with Gasteiger partial charge < -0.3 is 14.6 Å². The Labute approximate surface area is 188 Å². The van der Waals surface area contributed by atoms with Crippen LogP contribution in [0.2, 0.25) is 0 Å². The monoisotopic (exact) mass is 456 g/mol. The van der Waals surface area contributed by atoms with E-state index in [4.69, 9.17) is 4.74 Å². The summed E-state index contributed by atoms with van der Waals surface area (Å²) in [6.07, 6.45) is 6.20. The van der Waals surface area contributed by atoms with Crippen LogP contribution in [-0.4, -0.2) is 43.6 Å². The zero-order valence-corrected chi connectivity index (χ0v) is 19.0. The van der Waals surface area contributed by atoms with Crippen molar-refractivity contribution in [1.82, 2.24) is 19.6 Å². The van der Waals surface area contributed by atoms with Crippen molar-refractivity contribution < 1.29 is 17.9 Å². The number of benzene rings is 2. The predicted octanol–water partition coefficient (Wildman–Crippen LogP) is 2.30. The Morgan fingerprint density at radius 1 is 1.19 bits per heavy atom. The highest BCUT2D eigenvalue weighted by Crippen LogP contribution is 2.21. The molecule has 2 N–H and O–H groups in total. The van der Waals surface area contributed by atoms with Crippen LogP contribution in [-0.2, 0) is 27.8 Å². The molecule has 0 spiro atoms. The number of sulfonamides is 1. The van der Waals surface area contributed by atoms with Crippen LogP contribution >= 0.6 is 0 Å². The molecule has 1 aromatic heterocycles. The molecule has 0 aliphatic rings. The molecule has 0 aliphatic heterocycles. The van der Waals surface area contributed by atoms with E-state index in [0.29, 0.717) is 30.8 Å². The second-order valence-corrected chi connectivity index (χ2v) is 9.15. The first-order valence-corrected chi connectivity index (χ1v) is 11.8. The molecule has 3 rings (SSSR count). The molecule has 1 atom stereocenters. The van der Waals surface area contributed by atoms with Crippen molar-refractivity contribution in [2.75, 3.05) is 13.7 Å². The van der Waals surface area contributed by atoms with Crippen molar-refractivity contribution in [2.45, 2.75) is 37.2 Å². The van der Waals surface area contributed by atoms with Gasteiger partial charge in [0.2, 0.25) is 15.9 Å². The lowest BCUT2D eigenvalue weighted by Crippen LogP contribution is -2.48. The van der Waals surface area contributed by atoms with Crippen LogP contribution in [0.3, 0.4) is 0 Å². The number of rotatable bonds is 11. The number of imidazole rings is 1.